The Morgan fingerprint density at radius 3 is 2.57 bits per heavy atom. The van der Waals surface area contributed by atoms with Gasteiger partial charge in [-0.3, -0.25) is 10.1 Å². The van der Waals surface area contributed by atoms with Crippen molar-refractivity contribution in [3.63, 3.8) is 0 Å². The minimum atomic E-state index is -3.69. The minimum absolute atomic E-state index is 0.113. The molecule has 112 valence electrons. The van der Waals surface area contributed by atoms with Crippen LogP contribution in [0.5, 0.6) is 0 Å². The van der Waals surface area contributed by atoms with E-state index in [1.807, 2.05) is 6.92 Å². The molecule has 9 heteroatoms. The van der Waals surface area contributed by atoms with E-state index in [2.05, 4.69) is 20.2 Å². The van der Waals surface area contributed by atoms with Crippen LogP contribution in [0.25, 0.3) is 0 Å². The standard InChI is InChI=1S/C12H14N4O3S2/c1-2-11-15-16-12(20-11)14-10(17)8-13-21(18,19)9-6-4-3-5-7-9/h3-7,13H,2,8H2,1H3,(H,14,16,17). The number of aromatic nitrogens is 2. The van der Waals surface area contributed by atoms with Gasteiger partial charge < -0.3 is 0 Å². The summed E-state index contributed by atoms with van der Waals surface area (Å²) in [4.78, 5) is 11.8. The monoisotopic (exact) mass is 326 g/mol. The Bertz CT molecular complexity index is 713. The molecule has 2 N–H and O–H groups in total. The highest BCUT2D eigenvalue weighted by molar-refractivity contribution is 7.89. The molecule has 0 atom stereocenters. The third kappa shape index (κ3) is 4.31. The average molecular weight is 326 g/mol. The van der Waals surface area contributed by atoms with E-state index in [1.54, 1.807) is 18.2 Å². The van der Waals surface area contributed by atoms with Crippen molar-refractivity contribution >= 4 is 32.4 Å². The van der Waals surface area contributed by atoms with E-state index >= 15 is 0 Å². The molecule has 0 saturated heterocycles. The minimum Gasteiger partial charge on any atom is -0.299 e. The molecule has 21 heavy (non-hydrogen) atoms. The van der Waals surface area contributed by atoms with E-state index in [9.17, 15) is 13.2 Å². The van der Waals surface area contributed by atoms with Gasteiger partial charge in [-0.1, -0.05) is 36.5 Å². The first-order valence-electron chi connectivity index (χ1n) is 6.18. The molecule has 0 unspecified atom stereocenters. The molecule has 2 rings (SSSR count). The third-order valence-electron chi connectivity index (χ3n) is 2.49. The predicted molar refractivity (Wildman–Crippen MR) is 79.5 cm³/mol. The third-order valence-corrected chi connectivity index (χ3v) is 4.89. The summed E-state index contributed by atoms with van der Waals surface area (Å²) >= 11 is 1.26. The number of hydrogen-bond acceptors (Lipinski definition) is 6. The van der Waals surface area contributed by atoms with Gasteiger partial charge in [0.25, 0.3) is 0 Å². The zero-order valence-electron chi connectivity index (χ0n) is 11.2. The number of hydrogen-bond donors (Lipinski definition) is 2. The normalized spacial score (nSPS) is 11.3. The van der Waals surface area contributed by atoms with Crippen molar-refractivity contribution in [3.05, 3.63) is 35.3 Å². The van der Waals surface area contributed by atoms with Crippen LogP contribution in [0.1, 0.15) is 11.9 Å². The molecule has 1 heterocycles. The molecular weight excluding hydrogens is 312 g/mol. The van der Waals surface area contributed by atoms with Crippen LogP contribution in [0, 0.1) is 0 Å². The molecule has 0 aliphatic carbocycles. The van der Waals surface area contributed by atoms with Crippen LogP contribution in [0.3, 0.4) is 0 Å². The predicted octanol–water partition coefficient (Wildman–Crippen LogP) is 1.02. The maximum absolute atomic E-state index is 11.9. The fourth-order valence-electron chi connectivity index (χ4n) is 1.45. The number of nitrogens with zero attached hydrogens (tertiary/aromatic N) is 2. The van der Waals surface area contributed by atoms with Gasteiger partial charge in [0.05, 0.1) is 11.4 Å². The summed E-state index contributed by atoms with van der Waals surface area (Å²) < 4.78 is 26.1. The lowest BCUT2D eigenvalue weighted by Gasteiger charge is -2.06. The maximum atomic E-state index is 11.9. The number of benzene rings is 1. The summed E-state index contributed by atoms with van der Waals surface area (Å²) in [5, 5.41) is 11.3. The molecule has 2 aromatic rings. The van der Waals surface area contributed by atoms with Crippen molar-refractivity contribution < 1.29 is 13.2 Å². The maximum Gasteiger partial charge on any atom is 0.241 e. The van der Waals surface area contributed by atoms with Gasteiger partial charge in [-0.2, -0.15) is 0 Å². The first kappa shape index (κ1) is 15.5. The summed E-state index contributed by atoms with van der Waals surface area (Å²) in [7, 11) is -3.69. The lowest BCUT2D eigenvalue weighted by molar-refractivity contribution is -0.115. The highest BCUT2D eigenvalue weighted by Gasteiger charge is 2.15. The second-order valence-corrected chi connectivity index (χ2v) is 6.87. The van der Waals surface area contributed by atoms with Crippen molar-refractivity contribution in [2.24, 2.45) is 0 Å². The van der Waals surface area contributed by atoms with E-state index in [4.69, 9.17) is 0 Å². The topological polar surface area (TPSA) is 101 Å². The Hall–Kier alpha value is -1.84. The number of sulfonamides is 1. The lowest BCUT2D eigenvalue weighted by Crippen LogP contribution is -2.32. The van der Waals surface area contributed by atoms with Crippen molar-refractivity contribution in [1.82, 2.24) is 14.9 Å². The Balaban J connectivity index is 1.92. The van der Waals surface area contributed by atoms with Gasteiger partial charge in [0.15, 0.2) is 0 Å². The smallest absolute Gasteiger partial charge is 0.241 e. The van der Waals surface area contributed by atoms with Gasteiger partial charge >= 0.3 is 0 Å². The summed E-state index contributed by atoms with van der Waals surface area (Å²) in [6.45, 7) is 1.57. The molecule has 0 radical (unpaired) electrons. The zero-order chi connectivity index (χ0) is 15.3. The SMILES string of the molecule is CCc1nnc(NC(=O)CNS(=O)(=O)c2ccccc2)s1. The average Bonchev–Trinajstić information content (AvgIpc) is 2.94. The van der Waals surface area contributed by atoms with Gasteiger partial charge in [-0.15, -0.1) is 10.2 Å². The number of carbonyl (C=O) groups is 1. The molecule has 1 amide bonds. The number of nitrogens with one attached hydrogen (secondary N) is 2. The number of aryl methyl sites for hydroxylation is 1. The summed E-state index contributed by atoms with van der Waals surface area (Å²) in [6.07, 6.45) is 0.730. The first-order valence-corrected chi connectivity index (χ1v) is 8.48. The van der Waals surface area contributed by atoms with Crippen molar-refractivity contribution in [2.45, 2.75) is 18.2 Å². The second kappa shape index (κ2) is 6.74. The Labute approximate surface area is 126 Å². The van der Waals surface area contributed by atoms with Gasteiger partial charge in [0.2, 0.25) is 21.1 Å². The molecule has 0 bridgehead atoms. The Morgan fingerprint density at radius 1 is 1.24 bits per heavy atom. The molecular formula is C12H14N4O3S2. The van der Waals surface area contributed by atoms with E-state index in [1.165, 1.54) is 23.5 Å². The first-order chi connectivity index (χ1) is 10.0. The van der Waals surface area contributed by atoms with E-state index in [0.717, 1.165) is 11.4 Å². The molecule has 7 nitrogen and oxygen atoms in total. The Kier molecular flexibility index (Phi) is 4.99. The number of amides is 1. The molecule has 0 spiro atoms. The van der Waals surface area contributed by atoms with Crippen molar-refractivity contribution in [2.75, 3.05) is 11.9 Å². The van der Waals surface area contributed by atoms with Crippen LogP contribution in [0.2, 0.25) is 0 Å². The lowest BCUT2D eigenvalue weighted by atomic mass is 10.4. The largest absolute Gasteiger partial charge is 0.299 e. The van der Waals surface area contributed by atoms with Gasteiger partial charge in [0.1, 0.15) is 5.01 Å². The summed E-state index contributed by atoms with van der Waals surface area (Å²) in [6, 6.07) is 7.85. The highest BCUT2D eigenvalue weighted by Crippen LogP contribution is 2.15. The Morgan fingerprint density at radius 2 is 1.95 bits per heavy atom. The van der Waals surface area contributed by atoms with E-state index in [-0.39, 0.29) is 11.4 Å². The molecule has 0 fully saturated rings. The summed E-state index contributed by atoms with van der Waals surface area (Å²) in [5.74, 6) is -0.492. The van der Waals surface area contributed by atoms with Crippen LogP contribution in [0.4, 0.5) is 5.13 Å². The van der Waals surface area contributed by atoms with Crippen LogP contribution < -0.4 is 10.0 Å². The van der Waals surface area contributed by atoms with Crippen molar-refractivity contribution in [1.29, 1.82) is 0 Å². The van der Waals surface area contributed by atoms with Gasteiger partial charge in [0, 0.05) is 0 Å². The number of rotatable bonds is 6. The quantitative estimate of drug-likeness (QED) is 0.825. The number of carbonyl (C=O) groups excluding carboxylic acids is 1. The molecule has 1 aromatic heterocycles. The van der Waals surface area contributed by atoms with E-state index in [0.29, 0.717) is 5.13 Å². The van der Waals surface area contributed by atoms with Crippen LogP contribution >= 0.6 is 11.3 Å². The van der Waals surface area contributed by atoms with Crippen LogP contribution in [0.15, 0.2) is 35.2 Å². The van der Waals surface area contributed by atoms with Gasteiger partial charge in [-0.25, -0.2) is 13.1 Å². The van der Waals surface area contributed by atoms with Crippen LogP contribution in [-0.4, -0.2) is 31.1 Å². The number of anilines is 1. The fourth-order valence-corrected chi connectivity index (χ4v) is 3.15. The molecule has 0 aliphatic heterocycles. The second-order valence-electron chi connectivity index (χ2n) is 4.04. The summed E-state index contributed by atoms with van der Waals surface area (Å²) in [5.41, 5.74) is 0. The van der Waals surface area contributed by atoms with Crippen molar-refractivity contribution in [3.8, 4) is 0 Å². The van der Waals surface area contributed by atoms with E-state index < -0.39 is 15.9 Å². The fraction of sp³-hybridized carbons (Fsp3) is 0.250. The van der Waals surface area contributed by atoms with Crippen LogP contribution in [-0.2, 0) is 21.2 Å². The molecule has 0 saturated carbocycles. The molecule has 0 aliphatic rings. The molecule has 1 aromatic carbocycles. The zero-order valence-corrected chi connectivity index (χ0v) is 12.9. The highest BCUT2D eigenvalue weighted by atomic mass is 32.2. The van der Waals surface area contributed by atoms with Gasteiger partial charge in [-0.05, 0) is 18.6 Å².